The van der Waals surface area contributed by atoms with Gasteiger partial charge in [0, 0.05) is 19.2 Å². The van der Waals surface area contributed by atoms with Gasteiger partial charge in [-0.05, 0) is 23.8 Å². The van der Waals surface area contributed by atoms with Crippen LogP contribution in [-0.4, -0.2) is 51.3 Å². The van der Waals surface area contributed by atoms with E-state index in [0.29, 0.717) is 29.6 Å². The van der Waals surface area contributed by atoms with E-state index in [2.05, 4.69) is 4.98 Å². The molecular formula is C21H21N3O4. The number of rotatable bonds is 3. The van der Waals surface area contributed by atoms with Crippen molar-refractivity contribution in [2.45, 2.75) is 12.1 Å². The van der Waals surface area contributed by atoms with Crippen molar-refractivity contribution in [3.8, 4) is 0 Å². The van der Waals surface area contributed by atoms with Gasteiger partial charge < -0.3 is 19.3 Å². The monoisotopic (exact) mass is 379 g/mol. The number of aliphatic hydroxyl groups excluding tert-OH is 1. The lowest BCUT2D eigenvalue weighted by atomic mass is 9.97. The third-order valence-electron chi connectivity index (χ3n) is 5.10. The minimum absolute atomic E-state index is 0.155. The van der Waals surface area contributed by atoms with E-state index in [1.54, 1.807) is 30.1 Å². The van der Waals surface area contributed by atoms with Crippen LogP contribution in [0.5, 0.6) is 0 Å². The smallest absolute Gasteiger partial charge is 0.260 e. The van der Waals surface area contributed by atoms with Gasteiger partial charge in [-0.15, -0.1) is 0 Å². The zero-order chi connectivity index (χ0) is 19.7. The first-order chi connectivity index (χ1) is 13.6. The van der Waals surface area contributed by atoms with Crippen molar-refractivity contribution in [2.24, 2.45) is 7.05 Å². The summed E-state index contributed by atoms with van der Waals surface area (Å²) in [5.74, 6) is -0.181. The highest BCUT2D eigenvalue weighted by molar-refractivity contribution is 5.98. The number of morpholine rings is 1. The summed E-state index contributed by atoms with van der Waals surface area (Å²) in [5, 5.41) is 10.2. The molecule has 7 heteroatoms. The Morgan fingerprint density at radius 1 is 1.25 bits per heavy atom. The highest BCUT2D eigenvalue weighted by Gasteiger charge is 2.36. The number of hydrogen-bond acceptors (Lipinski definition) is 5. The van der Waals surface area contributed by atoms with Gasteiger partial charge in [-0.3, -0.25) is 9.59 Å². The van der Waals surface area contributed by atoms with Crippen LogP contribution in [0.1, 0.15) is 22.0 Å². The highest BCUT2D eigenvalue weighted by atomic mass is 16.5. The topological polar surface area (TPSA) is 84.7 Å². The zero-order valence-electron chi connectivity index (χ0n) is 15.5. The second kappa shape index (κ2) is 7.53. The van der Waals surface area contributed by atoms with E-state index in [-0.39, 0.29) is 24.1 Å². The van der Waals surface area contributed by atoms with E-state index in [1.165, 1.54) is 10.9 Å². The number of benzene rings is 2. The van der Waals surface area contributed by atoms with Gasteiger partial charge in [0.2, 0.25) is 0 Å². The number of amides is 1. The van der Waals surface area contributed by atoms with Crippen molar-refractivity contribution >= 4 is 16.8 Å². The molecule has 1 saturated heterocycles. The van der Waals surface area contributed by atoms with Crippen LogP contribution in [0.15, 0.2) is 59.7 Å². The lowest BCUT2D eigenvalue weighted by Crippen LogP contribution is -2.49. The summed E-state index contributed by atoms with van der Waals surface area (Å²) >= 11 is 0. The number of aryl methyl sites for hydroxylation is 1. The van der Waals surface area contributed by atoms with Crippen LogP contribution in [0.2, 0.25) is 0 Å². The predicted octanol–water partition coefficient (Wildman–Crippen LogP) is 1.51. The average Bonchev–Trinajstić information content (AvgIpc) is 2.75. The second-order valence-electron chi connectivity index (χ2n) is 6.84. The third-order valence-corrected chi connectivity index (χ3v) is 5.10. The standard InChI is InChI=1S/C21H21N3O4/c1-23-13-22-17-11-15(7-8-16(17)21(23)27)20(26)24-9-10-28-18(12-25)19(24)14-5-3-2-4-6-14/h2-8,11,13,18-19,25H,9-10,12H2,1H3/t18-,19-/m0/s1. The normalized spacial score (nSPS) is 19.7. The van der Waals surface area contributed by atoms with Crippen molar-refractivity contribution in [3.63, 3.8) is 0 Å². The molecule has 2 heterocycles. The molecule has 0 saturated carbocycles. The number of ether oxygens (including phenoxy) is 1. The molecule has 7 nitrogen and oxygen atoms in total. The molecule has 1 amide bonds. The predicted molar refractivity (Wildman–Crippen MR) is 104 cm³/mol. The number of hydrogen-bond donors (Lipinski definition) is 1. The Labute approximate surface area is 161 Å². The molecule has 144 valence electrons. The largest absolute Gasteiger partial charge is 0.394 e. The van der Waals surface area contributed by atoms with Crippen LogP contribution < -0.4 is 5.56 Å². The maximum Gasteiger partial charge on any atom is 0.260 e. The van der Waals surface area contributed by atoms with Gasteiger partial charge in [-0.25, -0.2) is 4.98 Å². The number of carbonyl (C=O) groups excluding carboxylic acids is 1. The van der Waals surface area contributed by atoms with Crippen LogP contribution >= 0.6 is 0 Å². The van der Waals surface area contributed by atoms with Crippen LogP contribution in [0.4, 0.5) is 0 Å². The van der Waals surface area contributed by atoms with Gasteiger partial charge in [0.25, 0.3) is 11.5 Å². The Morgan fingerprint density at radius 3 is 2.79 bits per heavy atom. The molecule has 2 aromatic carbocycles. The average molecular weight is 379 g/mol. The van der Waals surface area contributed by atoms with E-state index in [1.807, 2.05) is 30.3 Å². The zero-order valence-corrected chi connectivity index (χ0v) is 15.5. The van der Waals surface area contributed by atoms with E-state index in [4.69, 9.17) is 4.74 Å². The molecule has 0 bridgehead atoms. The maximum absolute atomic E-state index is 13.3. The SMILES string of the molecule is Cn1cnc2cc(C(=O)N3CCO[C@@H](CO)[C@@H]3c3ccccc3)ccc2c1=O. The van der Waals surface area contributed by atoms with E-state index >= 15 is 0 Å². The first-order valence-corrected chi connectivity index (χ1v) is 9.14. The Morgan fingerprint density at radius 2 is 2.04 bits per heavy atom. The lowest BCUT2D eigenvalue weighted by Gasteiger charge is -2.41. The molecule has 4 rings (SSSR count). The molecule has 1 N–H and O–H groups in total. The van der Waals surface area contributed by atoms with Gasteiger partial charge in [0.15, 0.2) is 0 Å². The number of carbonyl (C=O) groups is 1. The van der Waals surface area contributed by atoms with Crippen molar-refractivity contribution in [1.82, 2.24) is 14.5 Å². The molecule has 1 aliphatic heterocycles. The number of fused-ring (bicyclic) bond motifs is 1. The fraction of sp³-hybridized carbons (Fsp3) is 0.286. The quantitative estimate of drug-likeness (QED) is 0.746. The van der Waals surface area contributed by atoms with Crippen molar-refractivity contribution < 1.29 is 14.6 Å². The molecule has 2 atom stereocenters. The maximum atomic E-state index is 13.3. The molecule has 28 heavy (non-hydrogen) atoms. The first-order valence-electron chi connectivity index (χ1n) is 9.14. The minimum atomic E-state index is -0.494. The van der Waals surface area contributed by atoms with Crippen molar-refractivity contribution in [1.29, 1.82) is 0 Å². The summed E-state index contributed by atoms with van der Waals surface area (Å²) < 4.78 is 7.12. The van der Waals surface area contributed by atoms with Gasteiger partial charge in [0.1, 0.15) is 6.10 Å². The fourth-order valence-corrected chi connectivity index (χ4v) is 3.67. The molecule has 0 unspecified atom stereocenters. The van der Waals surface area contributed by atoms with Crippen LogP contribution in [0.25, 0.3) is 10.9 Å². The van der Waals surface area contributed by atoms with Gasteiger partial charge in [-0.1, -0.05) is 30.3 Å². The highest BCUT2D eigenvalue weighted by Crippen LogP contribution is 2.31. The Balaban J connectivity index is 1.73. The van der Waals surface area contributed by atoms with E-state index in [9.17, 15) is 14.7 Å². The van der Waals surface area contributed by atoms with Gasteiger partial charge >= 0.3 is 0 Å². The summed E-state index contributed by atoms with van der Waals surface area (Å²) in [6, 6.07) is 14.1. The summed E-state index contributed by atoms with van der Waals surface area (Å²) in [4.78, 5) is 31.5. The molecule has 0 spiro atoms. The number of aliphatic hydroxyl groups is 1. The van der Waals surface area contributed by atoms with E-state index in [0.717, 1.165) is 5.56 Å². The lowest BCUT2D eigenvalue weighted by molar-refractivity contribution is -0.0811. The fourth-order valence-electron chi connectivity index (χ4n) is 3.67. The van der Waals surface area contributed by atoms with Gasteiger partial charge in [0.05, 0.1) is 36.5 Å². The molecule has 1 aromatic heterocycles. The summed E-state index contributed by atoms with van der Waals surface area (Å²) in [5.41, 5.74) is 1.69. The molecule has 0 radical (unpaired) electrons. The molecular weight excluding hydrogens is 358 g/mol. The first kappa shape index (κ1) is 18.3. The number of nitrogens with zero attached hydrogens (tertiary/aromatic N) is 3. The molecule has 3 aromatic rings. The Hall–Kier alpha value is -3.03. The van der Waals surface area contributed by atoms with Crippen LogP contribution in [0.3, 0.4) is 0 Å². The molecule has 1 fully saturated rings. The minimum Gasteiger partial charge on any atom is -0.394 e. The Kier molecular flexibility index (Phi) is 4.93. The number of aromatic nitrogens is 2. The van der Waals surface area contributed by atoms with Gasteiger partial charge in [-0.2, -0.15) is 0 Å². The van der Waals surface area contributed by atoms with Crippen molar-refractivity contribution in [3.05, 3.63) is 76.3 Å². The second-order valence-corrected chi connectivity index (χ2v) is 6.84. The molecule has 1 aliphatic rings. The summed E-state index contributed by atoms with van der Waals surface area (Å²) in [6.07, 6.45) is 0.952. The molecule has 0 aliphatic carbocycles. The van der Waals surface area contributed by atoms with Crippen LogP contribution in [0, 0.1) is 0 Å². The summed E-state index contributed by atoms with van der Waals surface area (Å²) in [7, 11) is 1.64. The van der Waals surface area contributed by atoms with Crippen LogP contribution in [-0.2, 0) is 11.8 Å². The van der Waals surface area contributed by atoms with Crippen molar-refractivity contribution in [2.75, 3.05) is 19.8 Å². The van der Waals surface area contributed by atoms with E-state index < -0.39 is 6.10 Å². The summed E-state index contributed by atoms with van der Waals surface area (Å²) in [6.45, 7) is 0.586. The third kappa shape index (κ3) is 3.19. The Bertz CT molecular complexity index is 1060.